The van der Waals surface area contributed by atoms with Crippen molar-refractivity contribution in [2.24, 2.45) is 7.05 Å². The molecular formula is C14H22N6O2S. The number of sulfonamides is 1. The summed E-state index contributed by atoms with van der Waals surface area (Å²) in [6.45, 7) is 4.63. The van der Waals surface area contributed by atoms with Gasteiger partial charge in [-0.2, -0.15) is 10.2 Å². The summed E-state index contributed by atoms with van der Waals surface area (Å²) < 4.78 is 29.2. The summed E-state index contributed by atoms with van der Waals surface area (Å²) in [4.78, 5) is 2.29. The van der Waals surface area contributed by atoms with Gasteiger partial charge in [-0.1, -0.05) is 0 Å². The first-order valence-corrected chi connectivity index (χ1v) is 9.40. The zero-order chi connectivity index (χ0) is 16.6. The van der Waals surface area contributed by atoms with Gasteiger partial charge < -0.3 is 0 Å². The van der Waals surface area contributed by atoms with Gasteiger partial charge in [-0.05, 0) is 19.1 Å². The van der Waals surface area contributed by atoms with Gasteiger partial charge in [-0.3, -0.25) is 14.3 Å². The van der Waals surface area contributed by atoms with Gasteiger partial charge in [0.25, 0.3) is 0 Å². The molecule has 0 spiro atoms. The molecule has 0 radical (unpaired) electrons. The second-order valence-electron chi connectivity index (χ2n) is 6.11. The minimum atomic E-state index is -3.21. The van der Waals surface area contributed by atoms with Crippen LogP contribution in [0.1, 0.15) is 23.1 Å². The van der Waals surface area contributed by atoms with Crippen molar-refractivity contribution in [3.8, 4) is 0 Å². The maximum atomic E-state index is 11.4. The molecule has 2 aromatic rings. The van der Waals surface area contributed by atoms with Gasteiger partial charge in [0.15, 0.2) is 0 Å². The van der Waals surface area contributed by atoms with Gasteiger partial charge in [0.1, 0.15) is 0 Å². The van der Waals surface area contributed by atoms with E-state index >= 15 is 0 Å². The van der Waals surface area contributed by atoms with Crippen LogP contribution in [0, 0.1) is 6.92 Å². The standard InChI is InChI=1S/C14H22N6O2S/c1-11-6-13(18(2)17-11)9-19-8-12-4-5-15-20(12)14(10-19)7-16-23(3,21)22/h4-6,14,16H,7-10H2,1-3H3. The fourth-order valence-electron chi connectivity index (χ4n) is 3.03. The Balaban J connectivity index is 1.76. The third-order valence-electron chi connectivity index (χ3n) is 4.02. The average molecular weight is 338 g/mol. The lowest BCUT2D eigenvalue weighted by Crippen LogP contribution is -2.42. The third kappa shape index (κ3) is 3.80. The highest BCUT2D eigenvalue weighted by Gasteiger charge is 2.26. The molecule has 1 aliphatic rings. The van der Waals surface area contributed by atoms with Crippen LogP contribution in [0.2, 0.25) is 0 Å². The third-order valence-corrected chi connectivity index (χ3v) is 4.71. The van der Waals surface area contributed by atoms with E-state index in [-0.39, 0.29) is 6.04 Å². The summed E-state index contributed by atoms with van der Waals surface area (Å²) in [7, 11) is -1.27. The van der Waals surface area contributed by atoms with Crippen LogP contribution in [0.4, 0.5) is 0 Å². The highest BCUT2D eigenvalue weighted by Crippen LogP contribution is 2.21. The summed E-state index contributed by atoms with van der Waals surface area (Å²) in [6, 6.07) is 4.04. The first kappa shape index (κ1) is 16.2. The maximum absolute atomic E-state index is 11.4. The van der Waals surface area contributed by atoms with Gasteiger partial charge in [0.2, 0.25) is 10.0 Å². The molecule has 1 unspecified atom stereocenters. The molecule has 3 heterocycles. The Labute approximate surface area is 136 Å². The van der Waals surface area contributed by atoms with Crippen LogP contribution in [-0.2, 0) is 30.2 Å². The Kier molecular flexibility index (Phi) is 4.26. The molecule has 0 amide bonds. The minimum absolute atomic E-state index is 0.0159. The Morgan fingerprint density at radius 1 is 1.43 bits per heavy atom. The summed E-state index contributed by atoms with van der Waals surface area (Å²) >= 11 is 0. The van der Waals surface area contributed by atoms with Gasteiger partial charge in [-0.25, -0.2) is 13.1 Å². The van der Waals surface area contributed by atoms with Crippen LogP contribution in [0.5, 0.6) is 0 Å². The summed E-state index contributed by atoms with van der Waals surface area (Å²) in [6.07, 6.45) is 2.94. The van der Waals surface area contributed by atoms with E-state index in [0.29, 0.717) is 6.54 Å². The number of aryl methyl sites for hydroxylation is 2. The SMILES string of the molecule is Cc1cc(CN2Cc3ccnn3C(CNS(C)(=O)=O)C2)n(C)n1. The minimum Gasteiger partial charge on any atom is -0.290 e. The van der Waals surface area contributed by atoms with Gasteiger partial charge >= 0.3 is 0 Å². The van der Waals surface area contributed by atoms with E-state index in [1.165, 1.54) is 6.26 Å². The zero-order valence-corrected chi connectivity index (χ0v) is 14.4. The molecule has 0 aromatic carbocycles. The molecule has 9 heteroatoms. The van der Waals surface area contributed by atoms with Crippen molar-refractivity contribution in [2.45, 2.75) is 26.1 Å². The Morgan fingerprint density at radius 2 is 2.22 bits per heavy atom. The molecule has 2 aromatic heterocycles. The molecular weight excluding hydrogens is 316 g/mol. The molecule has 0 saturated carbocycles. The molecule has 0 bridgehead atoms. The fourth-order valence-corrected chi connectivity index (χ4v) is 3.52. The van der Waals surface area contributed by atoms with Crippen molar-refractivity contribution in [1.29, 1.82) is 0 Å². The van der Waals surface area contributed by atoms with E-state index in [0.717, 1.165) is 36.7 Å². The van der Waals surface area contributed by atoms with E-state index < -0.39 is 10.0 Å². The van der Waals surface area contributed by atoms with Crippen LogP contribution in [0.15, 0.2) is 18.3 Å². The van der Waals surface area contributed by atoms with Gasteiger partial charge in [0.05, 0.1) is 29.4 Å². The normalized spacial score (nSPS) is 19.0. The summed E-state index contributed by atoms with van der Waals surface area (Å²) in [5.41, 5.74) is 3.24. The number of hydrogen-bond donors (Lipinski definition) is 1. The molecule has 0 fully saturated rings. The lowest BCUT2D eigenvalue weighted by molar-refractivity contribution is 0.164. The quantitative estimate of drug-likeness (QED) is 0.831. The molecule has 1 aliphatic heterocycles. The Bertz CT molecular complexity index is 794. The second kappa shape index (κ2) is 6.06. The number of aromatic nitrogens is 4. The van der Waals surface area contributed by atoms with Gasteiger partial charge in [0, 0.05) is 39.4 Å². The summed E-state index contributed by atoms with van der Waals surface area (Å²) in [5.74, 6) is 0. The van der Waals surface area contributed by atoms with Crippen LogP contribution >= 0.6 is 0 Å². The van der Waals surface area contributed by atoms with Crippen LogP contribution in [-0.4, -0.2) is 52.2 Å². The topological polar surface area (TPSA) is 85.0 Å². The van der Waals surface area contributed by atoms with Crippen LogP contribution in [0.3, 0.4) is 0 Å². The lowest BCUT2D eigenvalue weighted by atomic mass is 10.2. The zero-order valence-electron chi connectivity index (χ0n) is 13.6. The number of fused-ring (bicyclic) bond motifs is 1. The largest absolute Gasteiger partial charge is 0.290 e. The van der Waals surface area contributed by atoms with E-state index in [1.807, 2.05) is 29.4 Å². The average Bonchev–Trinajstić information content (AvgIpc) is 3.02. The van der Waals surface area contributed by atoms with E-state index in [9.17, 15) is 8.42 Å². The Morgan fingerprint density at radius 3 is 2.87 bits per heavy atom. The van der Waals surface area contributed by atoms with E-state index in [4.69, 9.17) is 0 Å². The smallest absolute Gasteiger partial charge is 0.208 e. The number of nitrogens with zero attached hydrogens (tertiary/aromatic N) is 5. The molecule has 0 aliphatic carbocycles. The highest BCUT2D eigenvalue weighted by atomic mass is 32.2. The molecule has 0 saturated heterocycles. The molecule has 23 heavy (non-hydrogen) atoms. The van der Waals surface area contributed by atoms with Crippen molar-refractivity contribution in [2.75, 3.05) is 19.3 Å². The number of hydrogen-bond acceptors (Lipinski definition) is 5. The molecule has 1 atom stereocenters. The van der Waals surface area contributed by atoms with Crippen LogP contribution < -0.4 is 4.72 Å². The van der Waals surface area contributed by atoms with Crippen molar-refractivity contribution in [3.63, 3.8) is 0 Å². The van der Waals surface area contributed by atoms with Crippen molar-refractivity contribution < 1.29 is 8.42 Å². The number of nitrogens with one attached hydrogen (secondary N) is 1. The second-order valence-corrected chi connectivity index (χ2v) is 7.94. The van der Waals surface area contributed by atoms with Crippen molar-refractivity contribution in [1.82, 2.24) is 29.2 Å². The maximum Gasteiger partial charge on any atom is 0.208 e. The molecule has 3 rings (SSSR count). The lowest BCUT2D eigenvalue weighted by Gasteiger charge is -2.33. The first-order chi connectivity index (χ1) is 10.8. The van der Waals surface area contributed by atoms with Gasteiger partial charge in [-0.15, -0.1) is 0 Å². The number of rotatable bonds is 5. The molecule has 8 nitrogen and oxygen atoms in total. The van der Waals surface area contributed by atoms with E-state index in [2.05, 4.69) is 25.9 Å². The highest BCUT2D eigenvalue weighted by molar-refractivity contribution is 7.88. The van der Waals surface area contributed by atoms with Crippen molar-refractivity contribution >= 4 is 10.0 Å². The van der Waals surface area contributed by atoms with Crippen molar-refractivity contribution in [3.05, 3.63) is 35.4 Å². The predicted molar refractivity (Wildman–Crippen MR) is 86.2 cm³/mol. The van der Waals surface area contributed by atoms with E-state index in [1.54, 1.807) is 6.20 Å². The predicted octanol–water partition coefficient (Wildman–Crippen LogP) is 0.0311. The first-order valence-electron chi connectivity index (χ1n) is 7.51. The summed E-state index contributed by atoms with van der Waals surface area (Å²) in [5, 5.41) is 8.72. The van der Waals surface area contributed by atoms with Crippen LogP contribution in [0.25, 0.3) is 0 Å². The fraction of sp³-hybridized carbons (Fsp3) is 0.571. The molecule has 126 valence electrons. The monoisotopic (exact) mass is 338 g/mol. The Hall–Kier alpha value is -1.71. The molecule has 1 N–H and O–H groups in total.